The summed E-state index contributed by atoms with van der Waals surface area (Å²) in [5.41, 5.74) is 1.05. The third-order valence-corrected chi connectivity index (χ3v) is 2.90. The Kier molecular flexibility index (Phi) is 7.86. The minimum Gasteiger partial charge on any atom is -0.463 e. The van der Waals surface area contributed by atoms with Gasteiger partial charge in [-0.15, -0.1) is 0 Å². The summed E-state index contributed by atoms with van der Waals surface area (Å²) in [5.74, 6) is -0.303. The molecule has 0 aliphatic heterocycles. The zero-order valence-corrected chi connectivity index (χ0v) is 11.8. The summed E-state index contributed by atoms with van der Waals surface area (Å²) in [6, 6.07) is 9.77. The van der Waals surface area contributed by atoms with Crippen LogP contribution in [0.15, 0.2) is 30.3 Å². The van der Waals surface area contributed by atoms with Crippen molar-refractivity contribution >= 4 is 5.97 Å². The molecule has 0 amide bonds. The molecular weight excluding hydrogens is 242 g/mol. The molecule has 0 heterocycles. The fourth-order valence-electron chi connectivity index (χ4n) is 1.70. The van der Waals surface area contributed by atoms with E-state index in [9.17, 15) is 4.79 Å². The number of benzene rings is 1. The lowest BCUT2D eigenvalue weighted by Crippen LogP contribution is -2.28. The standard InChI is InChI=1S/C15H23NO3/c1-3-16(4-2)10-11-19-15(17)13-18-12-14-8-6-5-7-9-14/h5-9H,3-4,10-13H2,1-2H3. The van der Waals surface area contributed by atoms with Crippen LogP contribution in [0.5, 0.6) is 0 Å². The molecule has 0 saturated carbocycles. The summed E-state index contributed by atoms with van der Waals surface area (Å²) in [6.07, 6.45) is 0. The Hall–Kier alpha value is -1.39. The Morgan fingerprint density at radius 2 is 1.84 bits per heavy atom. The number of hydrogen-bond donors (Lipinski definition) is 0. The van der Waals surface area contributed by atoms with Gasteiger partial charge in [0.25, 0.3) is 0 Å². The maximum atomic E-state index is 11.4. The molecule has 19 heavy (non-hydrogen) atoms. The van der Waals surface area contributed by atoms with Gasteiger partial charge in [0.15, 0.2) is 0 Å². The first-order chi connectivity index (χ1) is 9.26. The first kappa shape index (κ1) is 15.7. The largest absolute Gasteiger partial charge is 0.463 e. The number of rotatable bonds is 9. The van der Waals surface area contributed by atoms with Crippen molar-refractivity contribution in [1.82, 2.24) is 4.90 Å². The van der Waals surface area contributed by atoms with E-state index in [1.165, 1.54) is 0 Å². The fourth-order valence-corrected chi connectivity index (χ4v) is 1.70. The molecule has 4 heteroatoms. The smallest absolute Gasteiger partial charge is 0.332 e. The van der Waals surface area contributed by atoms with Crippen LogP contribution < -0.4 is 0 Å². The predicted octanol–water partition coefficient (Wildman–Crippen LogP) is 2.09. The quantitative estimate of drug-likeness (QED) is 0.641. The van der Waals surface area contributed by atoms with Gasteiger partial charge in [-0.2, -0.15) is 0 Å². The molecule has 0 aliphatic rings. The van der Waals surface area contributed by atoms with Gasteiger partial charge in [0, 0.05) is 6.54 Å². The monoisotopic (exact) mass is 265 g/mol. The molecule has 1 rings (SSSR count). The van der Waals surface area contributed by atoms with E-state index in [0.29, 0.717) is 13.2 Å². The highest BCUT2D eigenvalue weighted by molar-refractivity contribution is 5.70. The number of likely N-dealkylation sites (N-methyl/N-ethyl adjacent to an activating group) is 1. The van der Waals surface area contributed by atoms with Crippen LogP contribution in [-0.4, -0.2) is 43.7 Å². The van der Waals surface area contributed by atoms with Crippen LogP contribution in [0.2, 0.25) is 0 Å². The zero-order chi connectivity index (χ0) is 13.9. The Balaban J connectivity index is 2.08. The topological polar surface area (TPSA) is 38.8 Å². The fraction of sp³-hybridized carbons (Fsp3) is 0.533. The SMILES string of the molecule is CCN(CC)CCOC(=O)COCc1ccccc1. The highest BCUT2D eigenvalue weighted by atomic mass is 16.6. The van der Waals surface area contributed by atoms with Crippen LogP contribution in [0.3, 0.4) is 0 Å². The third kappa shape index (κ3) is 6.94. The molecule has 0 N–H and O–H groups in total. The van der Waals surface area contributed by atoms with Gasteiger partial charge in [-0.25, -0.2) is 4.79 Å². The van der Waals surface area contributed by atoms with Crippen molar-refractivity contribution in [2.75, 3.05) is 32.8 Å². The van der Waals surface area contributed by atoms with Gasteiger partial charge < -0.3 is 14.4 Å². The molecule has 0 bridgehead atoms. The molecule has 1 aromatic rings. The summed E-state index contributed by atoms with van der Waals surface area (Å²) >= 11 is 0. The van der Waals surface area contributed by atoms with E-state index in [1.807, 2.05) is 30.3 Å². The molecule has 0 atom stereocenters. The van der Waals surface area contributed by atoms with Crippen LogP contribution >= 0.6 is 0 Å². The van der Waals surface area contributed by atoms with E-state index in [2.05, 4.69) is 18.7 Å². The summed E-state index contributed by atoms with van der Waals surface area (Å²) in [6.45, 7) is 7.77. The van der Waals surface area contributed by atoms with Gasteiger partial charge in [-0.05, 0) is 18.7 Å². The maximum absolute atomic E-state index is 11.4. The first-order valence-corrected chi connectivity index (χ1v) is 6.75. The van der Waals surface area contributed by atoms with Crippen LogP contribution in [0.25, 0.3) is 0 Å². The third-order valence-electron chi connectivity index (χ3n) is 2.90. The average molecular weight is 265 g/mol. The Bertz CT molecular complexity index is 350. The molecule has 0 radical (unpaired) electrons. The van der Waals surface area contributed by atoms with Crippen molar-refractivity contribution in [3.8, 4) is 0 Å². The molecule has 0 spiro atoms. The molecule has 106 valence electrons. The van der Waals surface area contributed by atoms with Gasteiger partial charge in [0.2, 0.25) is 0 Å². The van der Waals surface area contributed by atoms with Crippen molar-refractivity contribution in [3.05, 3.63) is 35.9 Å². The van der Waals surface area contributed by atoms with Gasteiger partial charge in [-0.3, -0.25) is 0 Å². The summed E-state index contributed by atoms with van der Waals surface area (Å²) in [5, 5.41) is 0. The number of esters is 1. The Morgan fingerprint density at radius 3 is 2.47 bits per heavy atom. The minimum absolute atomic E-state index is 0.00709. The average Bonchev–Trinajstić information content (AvgIpc) is 2.45. The lowest BCUT2D eigenvalue weighted by molar-refractivity contribution is -0.149. The molecule has 0 unspecified atom stereocenters. The molecule has 0 saturated heterocycles. The van der Waals surface area contributed by atoms with Gasteiger partial charge in [0.05, 0.1) is 6.61 Å². The van der Waals surface area contributed by atoms with E-state index in [-0.39, 0.29) is 12.6 Å². The van der Waals surface area contributed by atoms with Crippen molar-refractivity contribution < 1.29 is 14.3 Å². The van der Waals surface area contributed by atoms with E-state index < -0.39 is 0 Å². The van der Waals surface area contributed by atoms with E-state index in [4.69, 9.17) is 9.47 Å². The van der Waals surface area contributed by atoms with Gasteiger partial charge >= 0.3 is 5.97 Å². The van der Waals surface area contributed by atoms with Crippen LogP contribution in [0.1, 0.15) is 19.4 Å². The van der Waals surface area contributed by atoms with E-state index >= 15 is 0 Å². The number of hydrogen-bond acceptors (Lipinski definition) is 4. The second kappa shape index (κ2) is 9.53. The molecule has 1 aromatic carbocycles. The summed E-state index contributed by atoms with van der Waals surface area (Å²) < 4.78 is 10.4. The second-order valence-corrected chi connectivity index (χ2v) is 4.23. The highest BCUT2D eigenvalue weighted by Gasteiger charge is 2.05. The molecule has 0 aromatic heterocycles. The number of carbonyl (C=O) groups is 1. The lowest BCUT2D eigenvalue weighted by Gasteiger charge is -2.17. The lowest BCUT2D eigenvalue weighted by atomic mass is 10.2. The van der Waals surface area contributed by atoms with Crippen LogP contribution in [0, 0.1) is 0 Å². The second-order valence-electron chi connectivity index (χ2n) is 4.23. The molecule has 0 fully saturated rings. The van der Waals surface area contributed by atoms with Gasteiger partial charge in [0.1, 0.15) is 13.2 Å². The van der Waals surface area contributed by atoms with E-state index in [0.717, 1.165) is 25.2 Å². The van der Waals surface area contributed by atoms with Crippen LogP contribution in [0.4, 0.5) is 0 Å². The summed E-state index contributed by atoms with van der Waals surface area (Å²) in [4.78, 5) is 13.6. The van der Waals surface area contributed by atoms with Crippen molar-refractivity contribution in [3.63, 3.8) is 0 Å². The normalized spacial score (nSPS) is 10.7. The molecular formula is C15H23NO3. The zero-order valence-electron chi connectivity index (χ0n) is 11.8. The van der Waals surface area contributed by atoms with E-state index in [1.54, 1.807) is 0 Å². The Labute approximate surface area is 115 Å². The number of ether oxygens (including phenoxy) is 2. The van der Waals surface area contributed by atoms with Crippen molar-refractivity contribution in [2.45, 2.75) is 20.5 Å². The minimum atomic E-state index is -0.303. The Morgan fingerprint density at radius 1 is 1.16 bits per heavy atom. The van der Waals surface area contributed by atoms with Crippen molar-refractivity contribution in [2.24, 2.45) is 0 Å². The highest BCUT2D eigenvalue weighted by Crippen LogP contribution is 2.00. The molecule has 4 nitrogen and oxygen atoms in total. The molecule has 0 aliphatic carbocycles. The van der Waals surface area contributed by atoms with Gasteiger partial charge in [-0.1, -0.05) is 44.2 Å². The first-order valence-electron chi connectivity index (χ1n) is 6.75. The summed E-state index contributed by atoms with van der Waals surface area (Å²) in [7, 11) is 0. The predicted molar refractivity (Wildman–Crippen MR) is 74.8 cm³/mol. The number of carbonyl (C=O) groups excluding carboxylic acids is 1. The van der Waals surface area contributed by atoms with Crippen molar-refractivity contribution in [1.29, 1.82) is 0 Å². The maximum Gasteiger partial charge on any atom is 0.332 e. The van der Waals surface area contributed by atoms with Crippen LogP contribution in [-0.2, 0) is 20.9 Å². The number of nitrogens with zero attached hydrogens (tertiary/aromatic N) is 1.